The van der Waals surface area contributed by atoms with Gasteiger partial charge < -0.3 is 5.11 Å². The SMILES string of the molecule is O=S(=O)(c1ccccc1F)N1CC[C@@](O)(C(F)(F)F)C1. The average Bonchev–Trinajstić information content (AvgIpc) is 2.74. The molecule has 1 atom stereocenters. The summed E-state index contributed by atoms with van der Waals surface area (Å²) in [6.45, 7) is -1.65. The van der Waals surface area contributed by atoms with Gasteiger partial charge in [0.05, 0.1) is 6.54 Å². The van der Waals surface area contributed by atoms with Gasteiger partial charge in [0.25, 0.3) is 0 Å². The van der Waals surface area contributed by atoms with Crippen molar-refractivity contribution in [1.29, 1.82) is 0 Å². The maximum absolute atomic E-state index is 13.5. The Morgan fingerprint density at radius 2 is 1.85 bits per heavy atom. The minimum absolute atomic E-state index is 0.443. The van der Waals surface area contributed by atoms with Crippen molar-refractivity contribution in [3.05, 3.63) is 30.1 Å². The van der Waals surface area contributed by atoms with E-state index in [4.69, 9.17) is 0 Å². The summed E-state index contributed by atoms with van der Waals surface area (Å²) >= 11 is 0. The maximum atomic E-state index is 13.5. The van der Waals surface area contributed by atoms with Crippen molar-refractivity contribution in [2.75, 3.05) is 13.1 Å². The lowest BCUT2D eigenvalue weighted by atomic mass is 10.0. The minimum atomic E-state index is -4.94. The van der Waals surface area contributed by atoms with Crippen LogP contribution < -0.4 is 0 Å². The third-order valence-electron chi connectivity index (χ3n) is 3.19. The van der Waals surface area contributed by atoms with Crippen molar-refractivity contribution in [2.24, 2.45) is 0 Å². The van der Waals surface area contributed by atoms with Crippen molar-refractivity contribution in [2.45, 2.75) is 23.1 Å². The number of aliphatic hydroxyl groups is 1. The van der Waals surface area contributed by atoms with E-state index in [1.807, 2.05) is 0 Å². The molecular weight excluding hydrogens is 302 g/mol. The summed E-state index contributed by atoms with van der Waals surface area (Å²) in [7, 11) is -4.40. The highest BCUT2D eigenvalue weighted by molar-refractivity contribution is 7.89. The Balaban J connectivity index is 2.33. The van der Waals surface area contributed by atoms with E-state index in [1.54, 1.807) is 0 Å². The Labute approximate surface area is 112 Å². The van der Waals surface area contributed by atoms with Gasteiger partial charge in [-0.25, -0.2) is 12.8 Å². The fraction of sp³-hybridized carbons (Fsp3) is 0.455. The van der Waals surface area contributed by atoms with Crippen LogP contribution in [0.2, 0.25) is 0 Å². The Kier molecular flexibility index (Phi) is 3.55. The first-order valence-corrected chi connectivity index (χ1v) is 7.06. The van der Waals surface area contributed by atoms with Crippen molar-refractivity contribution in [1.82, 2.24) is 4.31 Å². The largest absolute Gasteiger partial charge is 0.418 e. The topological polar surface area (TPSA) is 57.6 Å². The van der Waals surface area contributed by atoms with Crippen molar-refractivity contribution < 1.29 is 31.1 Å². The first-order valence-electron chi connectivity index (χ1n) is 5.62. The van der Waals surface area contributed by atoms with Gasteiger partial charge >= 0.3 is 6.18 Å². The van der Waals surface area contributed by atoms with Gasteiger partial charge in [-0.05, 0) is 12.1 Å². The Morgan fingerprint density at radius 3 is 2.35 bits per heavy atom. The predicted molar refractivity (Wildman–Crippen MR) is 60.8 cm³/mol. The van der Waals surface area contributed by atoms with E-state index in [9.17, 15) is 31.1 Å². The zero-order chi connectivity index (χ0) is 15.2. The van der Waals surface area contributed by atoms with Crippen LogP contribution >= 0.6 is 0 Å². The summed E-state index contributed by atoms with van der Waals surface area (Å²) < 4.78 is 76.0. The second-order valence-electron chi connectivity index (χ2n) is 4.55. The van der Waals surface area contributed by atoms with Crippen LogP contribution in [-0.2, 0) is 10.0 Å². The van der Waals surface area contributed by atoms with E-state index >= 15 is 0 Å². The summed E-state index contributed by atoms with van der Waals surface area (Å²) in [6, 6.07) is 4.40. The average molecular weight is 313 g/mol. The number of hydrogen-bond donors (Lipinski definition) is 1. The maximum Gasteiger partial charge on any atom is 0.418 e. The summed E-state index contributed by atoms with van der Waals surface area (Å²) in [5, 5.41) is 9.45. The third kappa shape index (κ3) is 2.40. The summed E-state index contributed by atoms with van der Waals surface area (Å²) in [4.78, 5) is -0.702. The number of benzene rings is 1. The first kappa shape index (κ1) is 15.2. The number of rotatable bonds is 2. The van der Waals surface area contributed by atoms with Crippen molar-refractivity contribution >= 4 is 10.0 Å². The standard InChI is InChI=1S/C11H11F4NO3S/c12-8-3-1-2-4-9(8)20(18,19)16-6-5-10(17,7-16)11(13,14)15/h1-4,17H,5-7H2/t10-/m0/s1. The van der Waals surface area contributed by atoms with Crippen LogP contribution in [0.25, 0.3) is 0 Å². The second kappa shape index (κ2) is 4.68. The highest BCUT2D eigenvalue weighted by atomic mass is 32.2. The molecule has 9 heteroatoms. The van der Waals surface area contributed by atoms with Crippen molar-refractivity contribution in [3.63, 3.8) is 0 Å². The van der Waals surface area contributed by atoms with Gasteiger partial charge in [-0.1, -0.05) is 12.1 Å². The lowest BCUT2D eigenvalue weighted by Gasteiger charge is -2.25. The molecule has 1 fully saturated rings. The number of sulfonamides is 1. The number of alkyl halides is 3. The predicted octanol–water partition coefficient (Wildman–Crippen LogP) is 1.51. The van der Waals surface area contributed by atoms with Gasteiger partial charge in [-0.2, -0.15) is 17.5 Å². The molecule has 1 aliphatic rings. The van der Waals surface area contributed by atoms with Gasteiger partial charge in [-0.15, -0.1) is 0 Å². The monoisotopic (exact) mass is 313 g/mol. The lowest BCUT2D eigenvalue weighted by molar-refractivity contribution is -0.252. The van der Waals surface area contributed by atoms with Crippen molar-refractivity contribution in [3.8, 4) is 0 Å². The quantitative estimate of drug-likeness (QED) is 0.842. The summed E-state index contributed by atoms with van der Waals surface area (Å²) in [5.74, 6) is -1.05. The first-order chi connectivity index (χ1) is 9.08. The number of nitrogens with zero attached hydrogens (tertiary/aromatic N) is 1. The normalized spacial score (nSPS) is 25.1. The van der Waals surface area contributed by atoms with E-state index in [2.05, 4.69) is 0 Å². The van der Waals surface area contributed by atoms with E-state index in [-0.39, 0.29) is 0 Å². The summed E-state index contributed by atoms with van der Waals surface area (Å²) in [6.07, 6.45) is -5.71. The molecule has 1 aliphatic heterocycles. The van der Waals surface area contributed by atoms with Gasteiger partial charge in [0, 0.05) is 13.0 Å². The van der Waals surface area contributed by atoms with Crippen LogP contribution in [0.5, 0.6) is 0 Å². The molecule has 1 aromatic carbocycles. The molecule has 1 heterocycles. The Morgan fingerprint density at radius 1 is 1.25 bits per heavy atom. The van der Waals surface area contributed by atoms with E-state index in [0.29, 0.717) is 4.31 Å². The van der Waals surface area contributed by atoms with Gasteiger partial charge in [0.1, 0.15) is 10.7 Å². The molecule has 1 N–H and O–H groups in total. The molecule has 0 aliphatic carbocycles. The second-order valence-corrected chi connectivity index (χ2v) is 6.45. The Hall–Kier alpha value is -1.19. The molecule has 0 bridgehead atoms. The van der Waals surface area contributed by atoms with Crippen LogP contribution in [0.15, 0.2) is 29.2 Å². The molecule has 2 rings (SSSR count). The minimum Gasteiger partial charge on any atom is -0.379 e. The highest BCUT2D eigenvalue weighted by Gasteiger charge is 2.59. The zero-order valence-corrected chi connectivity index (χ0v) is 10.9. The molecule has 0 aromatic heterocycles. The number of hydrogen-bond acceptors (Lipinski definition) is 3. The zero-order valence-electron chi connectivity index (χ0n) is 10.1. The number of β-amino-alcohol motifs (C(OH)–C–C–N with tert-alkyl or cyclic N) is 1. The van der Waals surface area contributed by atoms with Crippen LogP contribution in [0, 0.1) is 5.82 Å². The molecule has 20 heavy (non-hydrogen) atoms. The van der Waals surface area contributed by atoms with Crippen LogP contribution in [0.3, 0.4) is 0 Å². The van der Waals surface area contributed by atoms with Crippen LogP contribution in [0.4, 0.5) is 17.6 Å². The molecule has 0 unspecified atom stereocenters. The molecule has 112 valence electrons. The molecule has 0 radical (unpaired) electrons. The van der Waals surface area contributed by atoms with E-state index in [1.165, 1.54) is 12.1 Å². The Bertz CT molecular complexity index is 616. The van der Waals surface area contributed by atoms with Gasteiger partial charge in [0.2, 0.25) is 10.0 Å². The molecule has 1 aromatic rings. The molecule has 0 spiro atoms. The van der Waals surface area contributed by atoms with Crippen LogP contribution in [-0.4, -0.2) is 42.7 Å². The highest BCUT2D eigenvalue weighted by Crippen LogP contribution is 2.39. The molecular formula is C11H11F4NO3S. The fourth-order valence-electron chi connectivity index (χ4n) is 1.99. The smallest absolute Gasteiger partial charge is 0.379 e. The van der Waals surface area contributed by atoms with E-state index in [0.717, 1.165) is 12.1 Å². The molecule has 4 nitrogen and oxygen atoms in total. The number of halogens is 4. The molecule has 1 saturated heterocycles. The fourth-order valence-corrected chi connectivity index (χ4v) is 3.55. The third-order valence-corrected chi connectivity index (χ3v) is 5.07. The molecule has 0 amide bonds. The van der Waals surface area contributed by atoms with Gasteiger partial charge in [-0.3, -0.25) is 0 Å². The van der Waals surface area contributed by atoms with Crippen LogP contribution in [0.1, 0.15) is 6.42 Å². The lowest BCUT2D eigenvalue weighted by Crippen LogP contribution is -2.48. The van der Waals surface area contributed by atoms with E-state index < -0.39 is 52.0 Å². The molecule has 0 saturated carbocycles. The summed E-state index contributed by atoms with van der Waals surface area (Å²) in [5.41, 5.74) is -3.09. The van der Waals surface area contributed by atoms with Gasteiger partial charge in [0.15, 0.2) is 5.60 Å².